The molecule has 1 aromatic heterocycles. The van der Waals surface area contributed by atoms with Crippen molar-refractivity contribution < 1.29 is 21.6 Å². The van der Waals surface area contributed by atoms with E-state index in [4.69, 9.17) is 0 Å². The first-order valence-corrected chi connectivity index (χ1v) is 8.73. The zero-order chi connectivity index (χ0) is 16.5. The molecule has 9 heteroatoms. The van der Waals surface area contributed by atoms with E-state index in [-0.39, 0.29) is 23.8 Å². The molecule has 22 heavy (non-hydrogen) atoms. The lowest BCUT2D eigenvalue weighted by Gasteiger charge is -2.33. The van der Waals surface area contributed by atoms with Crippen LogP contribution in [0.15, 0.2) is 17.3 Å². The second kappa shape index (κ2) is 6.19. The van der Waals surface area contributed by atoms with Gasteiger partial charge in [0.15, 0.2) is 0 Å². The van der Waals surface area contributed by atoms with Crippen LogP contribution in [0.3, 0.4) is 0 Å². The fourth-order valence-corrected chi connectivity index (χ4v) is 3.92. The van der Waals surface area contributed by atoms with E-state index in [2.05, 4.69) is 9.82 Å². The summed E-state index contributed by atoms with van der Waals surface area (Å²) in [6.45, 7) is 3.66. The Kier molecular flexibility index (Phi) is 4.86. The Hall–Kier alpha value is -1.09. The van der Waals surface area contributed by atoms with Crippen molar-refractivity contribution in [3.63, 3.8) is 0 Å². The maximum absolute atomic E-state index is 13.0. The van der Waals surface area contributed by atoms with Crippen LogP contribution in [0.25, 0.3) is 0 Å². The third kappa shape index (κ3) is 3.81. The van der Waals surface area contributed by atoms with Crippen molar-refractivity contribution in [3.8, 4) is 0 Å². The molecule has 0 amide bonds. The Morgan fingerprint density at radius 3 is 2.50 bits per heavy atom. The molecule has 0 saturated heterocycles. The van der Waals surface area contributed by atoms with E-state index >= 15 is 0 Å². The van der Waals surface area contributed by atoms with Gasteiger partial charge >= 0.3 is 6.18 Å². The van der Waals surface area contributed by atoms with Gasteiger partial charge in [-0.1, -0.05) is 12.8 Å². The minimum atomic E-state index is -4.39. The van der Waals surface area contributed by atoms with E-state index in [9.17, 15) is 21.6 Å². The molecule has 0 spiro atoms. The van der Waals surface area contributed by atoms with Gasteiger partial charge < -0.3 is 0 Å². The minimum Gasteiger partial charge on any atom is -0.269 e. The summed E-state index contributed by atoms with van der Waals surface area (Å²) in [6.07, 6.45) is -0.690. The SMILES string of the molecule is CC(C)n1cc(S(=O)(=O)NC2CCCCC2C(F)(F)F)cn1. The third-order valence-corrected chi connectivity index (χ3v) is 5.35. The summed E-state index contributed by atoms with van der Waals surface area (Å²) in [5, 5.41) is 3.92. The Balaban J connectivity index is 2.19. The van der Waals surface area contributed by atoms with Gasteiger partial charge in [0, 0.05) is 18.3 Å². The number of rotatable bonds is 4. The molecule has 126 valence electrons. The minimum absolute atomic E-state index is 0.0263. The summed E-state index contributed by atoms with van der Waals surface area (Å²) in [5.41, 5.74) is 0. The standard InChI is InChI=1S/C13H20F3N3O2S/c1-9(2)19-8-10(7-17-19)22(20,21)18-12-6-4-3-5-11(12)13(14,15)16/h7-9,11-12,18H,3-6H2,1-2H3. The number of sulfonamides is 1. The van der Waals surface area contributed by atoms with E-state index in [0.717, 1.165) is 6.20 Å². The van der Waals surface area contributed by atoms with Crippen LogP contribution in [0.1, 0.15) is 45.6 Å². The highest BCUT2D eigenvalue weighted by molar-refractivity contribution is 7.89. The number of hydrogen-bond acceptors (Lipinski definition) is 3. The monoisotopic (exact) mass is 339 g/mol. The molecule has 1 aliphatic rings. The Labute approximate surface area is 127 Å². The molecule has 1 aromatic rings. The topological polar surface area (TPSA) is 64.0 Å². The smallest absolute Gasteiger partial charge is 0.269 e. The third-order valence-electron chi connectivity index (χ3n) is 3.91. The molecule has 5 nitrogen and oxygen atoms in total. The van der Waals surface area contributed by atoms with Crippen molar-refractivity contribution >= 4 is 10.0 Å². The first-order chi connectivity index (χ1) is 10.1. The van der Waals surface area contributed by atoms with Crippen LogP contribution in [0.4, 0.5) is 13.2 Å². The summed E-state index contributed by atoms with van der Waals surface area (Å²) < 4.78 is 67.3. The summed E-state index contributed by atoms with van der Waals surface area (Å²) >= 11 is 0. The van der Waals surface area contributed by atoms with Crippen molar-refractivity contribution in [2.75, 3.05) is 0 Å². The molecule has 1 heterocycles. The van der Waals surface area contributed by atoms with Crippen LogP contribution < -0.4 is 4.72 Å². The second-order valence-electron chi connectivity index (χ2n) is 5.91. The predicted octanol–water partition coefficient (Wildman–Crippen LogP) is 2.86. The van der Waals surface area contributed by atoms with Crippen LogP contribution in [0.5, 0.6) is 0 Å². The molecule has 0 bridgehead atoms. The lowest BCUT2D eigenvalue weighted by Crippen LogP contribution is -2.47. The largest absolute Gasteiger partial charge is 0.393 e. The van der Waals surface area contributed by atoms with Crippen molar-refractivity contribution in [1.82, 2.24) is 14.5 Å². The second-order valence-corrected chi connectivity index (χ2v) is 7.62. The van der Waals surface area contributed by atoms with Crippen molar-refractivity contribution in [2.24, 2.45) is 5.92 Å². The molecule has 1 fully saturated rings. The molecule has 0 aromatic carbocycles. The van der Waals surface area contributed by atoms with Crippen LogP contribution in [0.2, 0.25) is 0 Å². The molecule has 2 unspecified atom stereocenters. The number of nitrogens with zero attached hydrogens (tertiary/aromatic N) is 2. The highest BCUT2D eigenvalue weighted by Crippen LogP contribution is 2.38. The van der Waals surface area contributed by atoms with Gasteiger partial charge in [0.25, 0.3) is 0 Å². The van der Waals surface area contributed by atoms with E-state index in [1.807, 2.05) is 13.8 Å². The molecule has 0 radical (unpaired) electrons. The number of nitrogens with one attached hydrogen (secondary N) is 1. The fourth-order valence-electron chi connectivity index (χ4n) is 2.67. The van der Waals surface area contributed by atoms with Crippen LogP contribution in [-0.2, 0) is 10.0 Å². The van der Waals surface area contributed by atoms with Gasteiger partial charge in [0.1, 0.15) is 4.90 Å². The summed E-state index contributed by atoms with van der Waals surface area (Å²) in [7, 11) is -4.00. The van der Waals surface area contributed by atoms with Gasteiger partial charge in [-0.15, -0.1) is 0 Å². The van der Waals surface area contributed by atoms with Gasteiger partial charge in [0.2, 0.25) is 10.0 Å². The van der Waals surface area contributed by atoms with E-state index < -0.39 is 28.2 Å². The number of alkyl halides is 3. The van der Waals surface area contributed by atoms with E-state index in [0.29, 0.717) is 12.8 Å². The normalized spacial score (nSPS) is 23.9. The molecule has 2 atom stereocenters. The van der Waals surface area contributed by atoms with Gasteiger partial charge in [-0.3, -0.25) is 4.68 Å². The van der Waals surface area contributed by atoms with Crippen molar-refractivity contribution in [3.05, 3.63) is 12.4 Å². The fraction of sp³-hybridized carbons (Fsp3) is 0.769. The number of hydrogen-bond donors (Lipinski definition) is 1. The molecule has 2 rings (SSSR count). The lowest BCUT2D eigenvalue weighted by molar-refractivity contribution is -0.187. The average molecular weight is 339 g/mol. The zero-order valence-electron chi connectivity index (χ0n) is 12.5. The first-order valence-electron chi connectivity index (χ1n) is 7.24. The van der Waals surface area contributed by atoms with E-state index in [1.54, 1.807) is 0 Å². The van der Waals surface area contributed by atoms with Crippen molar-refractivity contribution in [1.29, 1.82) is 0 Å². The highest BCUT2D eigenvalue weighted by atomic mass is 32.2. The van der Waals surface area contributed by atoms with Crippen LogP contribution in [-0.4, -0.2) is 30.4 Å². The Morgan fingerprint density at radius 2 is 1.95 bits per heavy atom. The first kappa shape index (κ1) is 17.3. The quantitative estimate of drug-likeness (QED) is 0.917. The highest BCUT2D eigenvalue weighted by Gasteiger charge is 2.46. The van der Waals surface area contributed by atoms with Gasteiger partial charge in [0.05, 0.1) is 12.1 Å². The Morgan fingerprint density at radius 1 is 1.32 bits per heavy atom. The molecule has 0 aliphatic heterocycles. The molecular formula is C13H20F3N3O2S. The predicted molar refractivity (Wildman–Crippen MR) is 74.7 cm³/mol. The van der Waals surface area contributed by atoms with E-state index in [1.165, 1.54) is 10.9 Å². The molecular weight excluding hydrogens is 319 g/mol. The van der Waals surface area contributed by atoms with Crippen LogP contribution in [0, 0.1) is 5.92 Å². The average Bonchev–Trinajstić information content (AvgIpc) is 2.88. The van der Waals surface area contributed by atoms with Gasteiger partial charge in [-0.25, -0.2) is 13.1 Å². The number of aromatic nitrogens is 2. The maximum Gasteiger partial charge on any atom is 0.393 e. The van der Waals surface area contributed by atoms with Crippen molar-refractivity contribution in [2.45, 2.75) is 62.7 Å². The molecule has 1 N–H and O–H groups in total. The molecule has 1 aliphatic carbocycles. The summed E-state index contributed by atoms with van der Waals surface area (Å²) in [6, 6.07) is -1.14. The number of halogens is 3. The summed E-state index contributed by atoms with van der Waals surface area (Å²) in [5.74, 6) is -1.63. The maximum atomic E-state index is 13.0. The molecule has 1 saturated carbocycles. The van der Waals surface area contributed by atoms with Gasteiger partial charge in [-0.2, -0.15) is 18.3 Å². The Bertz CT molecular complexity index is 610. The summed E-state index contributed by atoms with van der Waals surface area (Å²) in [4.78, 5) is -0.104. The van der Waals surface area contributed by atoms with Crippen LogP contribution >= 0.6 is 0 Å². The zero-order valence-corrected chi connectivity index (χ0v) is 13.3. The lowest BCUT2D eigenvalue weighted by atomic mass is 9.85. The van der Waals surface area contributed by atoms with Gasteiger partial charge in [-0.05, 0) is 26.7 Å².